The summed E-state index contributed by atoms with van der Waals surface area (Å²) in [6.45, 7) is 0. The van der Waals surface area contributed by atoms with Crippen molar-refractivity contribution >= 4 is 76.2 Å². The Morgan fingerprint density at radius 2 is 1.17 bits per heavy atom. The summed E-state index contributed by atoms with van der Waals surface area (Å²) in [5.74, 6) is 0. The minimum Gasteiger partial charge on any atom is -0.252 e. The van der Waals surface area contributed by atoms with Crippen LogP contribution < -0.4 is 10.9 Å². The van der Waals surface area contributed by atoms with Crippen LogP contribution in [-0.4, -0.2) is 17.5 Å². The van der Waals surface area contributed by atoms with Crippen molar-refractivity contribution in [3.8, 4) is 0 Å². The molecule has 0 fully saturated rings. The molecule has 0 saturated heterocycles. The second-order valence-corrected chi connectivity index (χ2v) is 6.45. The molecule has 0 atom stereocenters. The van der Waals surface area contributed by atoms with Crippen LogP contribution in [0, 0.1) is 0 Å². The Bertz CT molecular complexity index is 743. The summed E-state index contributed by atoms with van der Waals surface area (Å²) >= 11 is 28.5. The summed E-state index contributed by atoms with van der Waals surface area (Å²) < 4.78 is 0. The lowest BCUT2D eigenvalue weighted by Gasteiger charge is -2.02. The van der Waals surface area contributed by atoms with Crippen molar-refractivity contribution in [2.45, 2.75) is 0 Å². The van der Waals surface area contributed by atoms with Gasteiger partial charge < -0.3 is 0 Å². The molecule has 0 heterocycles. The molecule has 0 radical (unpaired) electrons. The van der Waals surface area contributed by atoms with Crippen LogP contribution in [0.25, 0.3) is 0 Å². The van der Waals surface area contributed by atoms with Crippen LogP contribution in [-0.2, 0) is 0 Å². The Morgan fingerprint density at radius 3 is 1.54 bits per heavy atom. The van der Waals surface area contributed by atoms with Gasteiger partial charge in [-0.25, -0.2) is 0 Å². The first-order valence-electron chi connectivity index (χ1n) is 6.48. The second kappa shape index (κ2) is 9.20. The van der Waals surface area contributed by atoms with Crippen LogP contribution >= 0.6 is 58.6 Å². The second-order valence-electron chi connectivity index (χ2n) is 4.42. The van der Waals surface area contributed by atoms with Gasteiger partial charge in [-0.1, -0.05) is 58.5 Å². The van der Waals surface area contributed by atoms with Gasteiger partial charge in [0.25, 0.3) is 0 Å². The van der Waals surface area contributed by atoms with Crippen molar-refractivity contribution in [3.63, 3.8) is 0 Å². The van der Waals surface area contributed by atoms with E-state index in [0.29, 0.717) is 20.1 Å². The summed E-state index contributed by atoms with van der Waals surface area (Å²) in [4.78, 5) is 0. The van der Waals surface area contributed by atoms with Gasteiger partial charge in [0.2, 0.25) is 5.11 Å². The highest BCUT2D eigenvalue weighted by Crippen LogP contribution is 2.22. The maximum Gasteiger partial charge on any atom is 0.207 e. The molecule has 0 aliphatic carbocycles. The molecular formula is C15H10Cl4N4S. The lowest BCUT2D eigenvalue weighted by atomic mass is 10.2. The Hall–Kier alpha value is -1.37. The Labute approximate surface area is 164 Å². The van der Waals surface area contributed by atoms with Crippen molar-refractivity contribution < 1.29 is 0 Å². The molecule has 2 aromatic carbocycles. The minimum absolute atomic E-state index is 0.225. The van der Waals surface area contributed by atoms with Crippen LogP contribution in [0.15, 0.2) is 46.6 Å². The fraction of sp³-hybridized carbons (Fsp3) is 0. The number of hydrogen-bond donors (Lipinski definition) is 2. The highest BCUT2D eigenvalue weighted by atomic mass is 35.5. The van der Waals surface area contributed by atoms with Gasteiger partial charge in [0, 0.05) is 0 Å². The molecule has 24 heavy (non-hydrogen) atoms. The van der Waals surface area contributed by atoms with Gasteiger partial charge >= 0.3 is 0 Å². The van der Waals surface area contributed by atoms with Crippen molar-refractivity contribution in [1.82, 2.24) is 10.9 Å². The average Bonchev–Trinajstić information content (AvgIpc) is 2.54. The number of thiocarbonyl (C=S) groups is 1. The van der Waals surface area contributed by atoms with Crippen LogP contribution in [0.5, 0.6) is 0 Å². The van der Waals surface area contributed by atoms with E-state index in [1.165, 1.54) is 0 Å². The molecule has 0 spiro atoms. The van der Waals surface area contributed by atoms with Crippen LogP contribution in [0.1, 0.15) is 11.1 Å². The number of halogens is 4. The Kier molecular flexibility index (Phi) is 7.27. The number of hydrazone groups is 2. The zero-order chi connectivity index (χ0) is 17.5. The zero-order valence-corrected chi connectivity index (χ0v) is 15.8. The van der Waals surface area contributed by atoms with Gasteiger partial charge in [-0.2, -0.15) is 10.2 Å². The number of benzene rings is 2. The SMILES string of the molecule is S=C(NN=Cc1ccc(Cl)c(Cl)c1)N/N=C/c1ccc(Cl)c(Cl)c1. The number of nitrogens with zero attached hydrogens (tertiary/aromatic N) is 2. The van der Waals surface area contributed by atoms with Crippen LogP contribution in [0.2, 0.25) is 20.1 Å². The number of nitrogens with one attached hydrogen (secondary N) is 2. The Balaban J connectivity index is 1.84. The third-order valence-corrected chi connectivity index (χ3v) is 4.31. The van der Waals surface area contributed by atoms with E-state index in [4.69, 9.17) is 58.6 Å². The van der Waals surface area contributed by atoms with Gasteiger partial charge in [0.1, 0.15) is 0 Å². The first-order chi connectivity index (χ1) is 11.5. The summed E-state index contributed by atoms with van der Waals surface area (Å²) in [5, 5.41) is 10.0. The molecule has 9 heteroatoms. The van der Waals surface area contributed by atoms with Crippen molar-refractivity contribution in [3.05, 3.63) is 67.6 Å². The summed E-state index contributed by atoms with van der Waals surface area (Å²) in [6.07, 6.45) is 3.11. The molecule has 0 bridgehead atoms. The largest absolute Gasteiger partial charge is 0.252 e. The highest BCUT2D eigenvalue weighted by molar-refractivity contribution is 7.80. The summed E-state index contributed by atoms with van der Waals surface area (Å²) in [6, 6.07) is 10.3. The first-order valence-corrected chi connectivity index (χ1v) is 8.40. The molecule has 124 valence electrons. The summed E-state index contributed by atoms with van der Waals surface area (Å²) in [7, 11) is 0. The topological polar surface area (TPSA) is 48.8 Å². The highest BCUT2D eigenvalue weighted by Gasteiger charge is 1.98. The fourth-order valence-electron chi connectivity index (χ4n) is 1.54. The quantitative estimate of drug-likeness (QED) is 0.410. The number of hydrogen-bond acceptors (Lipinski definition) is 3. The fourth-order valence-corrected chi connectivity index (χ4v) is 2.26. The maximum absolute atomic E-state index is 5.91. The molecule has 2 rings (SSSR count). The van der Waals surface area contributed by atoms with E-state index in [9.17, 15) is 0 Å². The van der Waals surface area contributed by atoms with Gasteiger partial charge in [0.05, 0.1) is 32.5 Å². The normalized spacial score (nSPS) is 11.2. The third-order valence-electron chi connectivity index (χ3n) is 2.65. The molecule has 0 aliphatic heterocycles. The molecule has 2 N–H and O–H groups in total. The van der Waals surface area contributed by atoms with Crippen LogP contribution in [0.4, 0.5) is 0 Å². The monoisotopic (exact) mass is 418 g/mol. The standard InChI is InChI=1S/C15H10Cl4N4S/c16-11-3-1-9(5-13(11)18)7-20-22-15(24)23-21-8-10-2-4-12(17)14(19)6-10/h1-8H,(H2,22,23,24)/b20-7+,21-8?. The molecule has 0 amide bonds. The molecule has 0 saturated carbocycles. The van der Waals surface area contributed by atoms with Crippen molar-refractivity contribution in [2.24, 2.45) is 10.2 Å². The van der Waals surface area contributed by atoms with Gasteiger partial charge in [-0.15, -0.1) is 0 Å². The lowest BCUT2D eigenvalue weighted by molar-refractivity contribution is 0.935. The molecule has 0 unspecified atom stereocenters. The Morgan fingerprint density at radius 1 is 0.750 bits per heavy atom. The van der Waals surface area contributed by atoms with Gasteiger partial charge in [-0.05, 0) is 47.6 Å². The van der Waals surface area contributed by atoms with E-state index in [1.54, 1.807) is 48.8 Å². The molecule has 2 aromatic rings. The van der Waals surface area contributed by atoms with E-state index in [0.717, 1.165) is 11.1 Å². The van der Waals surface area contributed by atoms with E-state index in [1.807, 2.05) is 0 Å². The first kappa shape index (κ1) is 19.0. The predicted octanol–water partition coefficient (Wildman–Crippen LogP) is 5.13. The van der Waals surface area contributed by atoms with E-state index in [-0.39, 0.29) is 5.11 Å². The van der Waals surface area contributed by atoms with Crippen molar-refractivity contribution in [1.29, 1.82) is 0 Å². The zero-order valence-electron chi connectivity index (χ0n) is 11.9. The number of rotatable bonds is 4. The van der Waals surface area contributed by atoms with E-state index < -0.39 is 0 Å². The van der Waals surface area contributed by atoms with Gasteiger partial charge in [-0.3, -0.25) is 10.9 Å². The van der Waals surface area contributed by atoms with Crippen LogP contribution in [0.3, 0.4) is 0 Å². The van der Waals surface area contributed by atoms with Crippen molar-refractivity contribution in [2.75, 3.05) is 0 Å². The third kappa shape index (κ3) is 5.92. The van der Waals surface area contributed by atoms with E-state index in [2.05, 4.69) is 21.1 Å². The lowest BCUT2D eigenvalue weighted by Crippen LogP contribution is -2.28. The molecule has 0 aromatic heterocycles. The van der Waals surface area contributed by atoms with Gasteiger partial charge in [0.15, 0.2) is 0 Å². The average molecular weight is 420 g/mol. The molecule has 0 aliphatic rings. The summed E-state index contributed by atoms with van der Waals surface area (Å²) in [5.41, 5.74) is 6.80. The smallest absolute Gasteiger partial charge is 0.207 e. The maximum atomic E-state index is 5.91. The van der Waals surface area contributed by atoms with E-state index >= 15 is 0 Å². The predicted molar refractivity (Wildman–Crippen MR) is 107 cm³/mol. The molecular weight excluding hydrogens is 410 g/mol. The molecule has 4 nitrogen and oxygen atoms in total. The minimum atomic E-state index is 0.225.